The number of nitrogens with zero attached hydrogens (tertiary/aromatic N) is 3. The van der Waals surface area contributed by atoms with Gasteiger partial charge < -0.3 is 9.88 Å². The fourth-order valence-corrected chi connectivity index (χ4v) is 2.45. The second-order valence-corrected chi connectivity index (χ2v) is 4.95. The van der Waals surface area contributed by atoms with Crippen LogP contribution < -0.4 is 5.32 Å². The monoisotopic (exact) mass is 242 g/mol. The maximum atomic E-state index is 4.26. The Morgan fingerprint density at radius 2 is 2.17 bits per heavy atom. The summed E-state index contributed by atoms with van der Waals surface area (Å²) in [6.45, 7) is 4.04. The summed E-state index contributed by atoms with van der Waals surface area (Å²) >= 11 is 0. The lowest BCUT2D eigenvalue weighted by Crippen LogP contribution is -2.18. The Morgan fingerprint density at radius 1 is 1.33 bits per heavy atom. The van der Waals surface area contributed by atoms with E-state index < -0.39 is 0 Å². The summed E-state index contributed by atoms with van der Waals surface area (Å²) < 4.78 is 2.15. The SMILES string of the molecule is Cc1ccc(Cn2cnnc2[C@H]2CCCN2)cc1. The third kappa shape index (κ3) is 2.29. The van der Waals surface area contributed by atoms with E-state index in [1.807, 2.05) is 6.33 Å². The number of nitrogens with one attached hydrogen (secondary N) is 1. The number of hydrogen-bond acceptors (Lipinski definition) is 3. The van der Waals surface area contributed by atoms with Crippen molar-refractivity contribution in [1.29, 1.82) is 0 Å². The van der Waals surface area contributed by atoms with Gasteiger partial charge >= 0.3 is 0 Å². The topological polar surface area (TPSA) is 42.7 Å². The van der Waals surface area contributed by atoms with Crippen LogP contribution in [0.4, 0.5) is 0 Å². The average molecular weight is 242 g/mol. The van der Waals surface area contributed by atoms with Gasteiger partial charge in [0.05, 0.1) is 12.6 Å². The third-order valence-electron chi connectivity index (χ3n) is 3.49. The van der Waals surface area contributed by atoms with Crippen molar-refractivity contribution in [2.24, 2.45) is 0 Å². The lowest BCUT2D eigenvalue weighted by Gasteiger charge is -2.12. The molecule has 0 radical (unpaired) electrons. The van der Waals surface area contributed by atoms with E-state index in [2.05, 4.69) is 51.3 Å². The minimum atomic E-state index is 0.373. The van der Waals surface area contributed by atoms with Gasteiger partial charge in [-0.3, -0.25) is 0 Å². The summed E-state index contributed by atoms with van der Waals surface area (Å²) in [7, 11) is 0. The molecule has 0 spiro atoms. The van der Waals surface area contributed by atoms with Crippen LogP contribution in [0.1, 0.15) is 35.8 Å². The zero-order valence-electron chi connectivity index (χ0n) is 10.6. The van der Waals surface area contributed by atoms with Gasteiger partial charge in [0.1, 0.15) is 12.2 Å². The molecule has 18 heavy (non-hydrogen) atoms. The molecule has 0 aliphatic carbocycles. The predicted octanol–water partition coefficient (Wildman–Crippen LogP) is 2.06. The number of aromatic nitrogens is 3. The number of rotatable bonds is 3. The van der Waals surface area contributed by atoms with E-state index in [1.165, 1.54) is 17.5 Å². The highest BCUT2D eigenvalue weighted by Gasteiger charge is 2.21. The normalized spacial score (nSPS) is 19.3. The largest absolute Gasteiger partial charge is 0.312 e. The zero-order chi connectivity index (χ0) is 12.4. The van der Waals surface area contributed by atoms with E-state index in [0.29, 0.717) is 6.04 Å². The van der Waals surface area contributed by atoms with E-state index in [1.54, 1.807) is 0 Å². The molecule has 2 aromatic rings. The van der Waals surface area contributed by atoms with Gasteiger partial charge in [-0.2, -0.15) is 0 Å². The lowest BCUT2D eigenvalue weighted by atomic mass is 10.1. The quantitative estimate of drug-likeness (QED) is 0.896. The molecule has 3 rings (SSSR count). The highest BCUT2D eigenvalue weighted by Crippen LogP contribution is 2.21. The first-order chi connectivity index (χ1) is 8.83. The second kappa shape index (κ2) is 4.90. The summed E-state index contributed by atoms with van der Waals surface area (Å²) in [6, 6.07) is 9.00. The van der Waals surface area contributed by atoms with Gasteiger partial charge in [0.25, 0.3) is 0 Å². The van der Waals surface area contributed by atoms with Crippen molar-refractivity contribution in [1.82, 2.24) is 20.1 Å². The van der Waals surface area contributed by atoms with Gasteiger partial charge in [-0.15, -0.1) is 10.2 Å². The van der Waals surface area contributed by atoms with Gasteiger partial charge in [0, 0.05) is 0 Å². The minimum absolute atomic E-state index is 0.373. The maximum absolute atomic E-state index is 4.26. The molecule has 0 unspecified atom stereocenters. The Hall–Kier alpha value is -1.68. The summed E-state index contributed by atoms with van der Waals surface area (Å²) in [5, 5.41) is 11.8. The molecule has 1 saturated heterocycles. The fraction of sp³-hybridized carbons (Fsp3) is 0.429. The van der Waals surface area contributed by atoms with Gasteiger partial charge in [-0.25, -0.2) is 0 Å². The van der Waals surface area contributed by atoms with Crippen LogP contribution in [0.15, 0.2) is 30.6 Å². The smallest absolute Gasteiger partial charge is 0.150 e. The van der Waals surface area contributed by atoms with Crippen molar-refractivity contribution in [3.05, 3.63) is 47.5 Å². The molecule has 1 aliphatic heterocycles. The molecule has 4 heteroatoms. The highest BCUT2D eigenvalue weighted by atomic mass is 15.3. The van der Waals surface area contributed by atoms with Crippen LogP contribution >= 0.6 is 0 Å². The molecule has 0 bridgehead atoms. The van der Waals surface area contributed by atoms with Gasteiger partial charge in [0.15, 0.2) is 0 Å². The first-order valence-corrected chi connectivity index (χ1v) is 6.49. The molecule has 1 aromatic carbocycles. The van der Waals surface area contributed by atoms with E-state index in [-0.39, 0.29) is 0 Å². The van der Waals surface area contributed by atoms with Crippen LogP contribution in [0.5, 0.6) is 0 Å². The van der Waals surface area contributed by atoms with Gasteiger partial charge in [0.2, 0.25) is 0 Å². The van der Waals surface area contributed by atoms with Gasteiger partial charge in [-0.1, -0.05) is 29.8 Å². The van der Waals surface area contributed by atoms with Crippen LogP contribution in [-0.2, 0) is 6.54 Å². The summed E-state index contributed by atoms with van der Waals surface area (Å²) in [4.78, 5) is 0. The first kappa shape index (κ1) is 11.4. The Morgan fingerprint density at radius 3 is 2.89 bits per heavy atom. The van der Waals surface area contributed by atoms with Crippen LogP contribution in [0, 0.1) is 6.92 Å². The Labute approximate surface area is 107 Å². The molecule has 94 valence electrons. The molecule has 1 fully saturated rings. The predicted molar refractivity (Wildman–Crippen MR) is 70.3 cm³/mol. The highest BCUT2D eigenvalue weighted by molar-refractivity contribution is 5.21. The maximum Gasteiger partial charge on any atom is 0.150 e. The summed E-state index contributed by atoms with van der Waals surface area (Å²) in [5.74, 6) is 1.06. The van der Waals surface area contributed by atoms with E-state index >= 15 is 0 Å². The van der Waals surface area contributed by atoms with Crippen LogP contribution in [0.25, 0.3) is 0 Å². The lowest BCUT2D eigenvalue weighted by molar-refractivity contribution is 0.564. The standard InChI is InChI=1S/C14H18N4/c1-11-4-6-12(7-5-11)9-18-10-16-17-14(18)13-3-2-8-15-13/h4-7,10,13,15H,2-3,8-9H2,1H3/t13-/m1/s1. The molecule has 1 atom stereocenters. The van der Waals surface area contributed by atoms with E-state index in [4.69, 9.17) is 0 Å². The van der Waals surface area contributed by atoms with Crippen molar-refractivity contribution in [2.45, 2.75) is 32.4 Å². The van der Waals surface area contributed by atoms with Crippen molar-refractivity contribution < 1.29 is 0 Å². The van der Waals surface area contributed by atoms with E-state index in [0.717, 1.165) is 25.3 Å². The van der Waals surface area contributed by atoms with Crippen molar-refractivity contribution in [2.75, 3.05) is 6.54 Å². The van der Waals surface area contributed by atoms with Crippen molar-refractivity contribution in [3.8, 4) is 0 Å². The molecule has 4 nitrogen and oxygen atoms in total. The average Bonchev–Trinajstić information content (AvgIpc) is 3.02. The Balaban J connectivity index is 1.80. The third-order valence-corrected chi connectivity index (χ3v) is 3.49. The molecular weight excluding hydrogens is 224 g/mol. The second-order valence-electron chi connectivity index (χ2n) is 4.95. The van der Waals surface area contributed by atoms with Crippen LogP contribution in [0.2, 0.25) is 0 Å². The molecule has 1 N–H and O–H groups in total. The molecule has 1 aromatic heterocycles. The van der Waals surface area contributed by atoms with Crippen molar-refractivity contribution >= 4 is 0 Å². The number of hydrogen-bond donors (Lipinski definition) is 1. The van der Waals surface area contributed by atoms with Crippen LogP contribution in [0.3, 0.4) is 0 Å². The molecule has 0 amide bonds. The molecule has 0 saturated carbocycles. The van der Waals surface area contributed by atoms with Crippen LogP contribution in [-0.4, -0.2) is 21.3 Å². The number of aryl methyl sites for hydroxylation is 1. The fourth-order valence-electron chi connectivity index (χ4n) is 2.45. The molecule has 2 heterocycles. The first-order valence-electron chi connectivity index (χ1n) is 6.49. The molecular formula is C14H18N4. The molecule has 1 aliphatic rings. The number of benzene rings is 1. The summed E-state index contributed by atoms with van der Waals surface area (Å²) in [6.07, 6.45) is 4.21. The van der Waals surface area contributed by atoms with Gasteiger partial charge in [-0.05, 0) is 31.9 Å². The Kier molecular flexibility index (Phi) is 3.11. The summed E-state index contributed by atoms with van der Waals surface area (Å²) in [5.41, 5.74) is 2.58. The van der Waals surface area contributed by atoms with Crippen molar-refractivity contribution in [3.63, 3.8) is 0 Å². The Bertz CT molecular complexity index is 509. The van der Waals surface area contributed by atoms with E-state index in [9.17, 15) is 0 Å². The zero-order valence-corrected chi connectivity index (χ0v) is 10.6. The minimum Gasteiger partial charge on any atom is -0.312 e.